The van der Waals surface area contributed by atoms with Crippen LogP contribution < -0.4 is 0 Å². The molecule has 8 heteroatoms. The number of morpholine rings is 1. The zero-order valence-electron chi connectivity index (χ0n) is 16.9. The van der Waals surface area contributed by atoms with Crippen molar-refractivity contribution in [2.24, 2.45) is 0 Å². The summed E-state index contributed by atoms with van der Waals surface area (Å²) >= 11 is 0. The molecule has 1 fully saturated rings. The second-order valence-electron chi connectivity index (χ2n) is 7.18. The molecule has 152 valence electrons. The molecule has 0 aliphatic carbocycles. The van der Waals surface area contributed by atoms with Gasteiger partial charge >= 0.3 is 0 Å². The summed E-state index contributed by atoms with van der Waals surface area (Å²) in [6.45, 7) is 8.41. The number of benzene rings is 1. The number of hydrogen-bond donors (Lipinski definition) is 0. The maximum absolute atomic E-state index is 14.3. The maximum atomic E-state index is 14.3. The first-order valence-corrected chi connectivity index (χ1v) is 9.52. The van der Waals surface area contributed by atoms with Gasteiger partial charge in [0, 0.05) is 24.7 Å². The Labute approximate surface area is 168 Å². The Balaban J connectivity index is 1.75. The van der Waals surface area contributed by atoms with Crippen LogP contribution in [0.3, 0.4) is 0 Å². The van der Waals surface area contributed by atoms with Gasteiger partial charge in [0.15, 0.2) is 5.89 Å². The van der Waals surface area contributed by atoms with Crippen LogP contribution in [0.15, 0.2) is 28.7 Å². The summed E-state index contributed by atoms with van der Waals surface area (Å²) in [5.41, 5.74) is 3.29. The van der Waals surface area contributed by atoms with Crippen molar-refractivity contribution in [3.05, 3.63) is 64.4 Å². The van der Waals surface area contributed by atoms with Gasteiger partial charge in [-0.15, -0.1) is 0 Å². The lowest BCUT2D eigenvalue weighted by Gasteiger charge is -2.35. The van der Waals surface area contributed by atoms with Crippen molar-refractivity contribution >= 4 is 5.91 Å². The minimum Gasteiger partial charge on any atom is -0.436 e. The minimum absolute atomic E-state index is 0.228. The fourth-order valence-corrected chi connectivity index (χ4v) is 3.94. The molecule has 0 spiro atoms. The van der Waals surface area contributed by atoms with Crippen LogP contribution in [-0.4, -0.2) is 45.3 Å². The highest BCUT2D eigenvalue weighted by Crippen LogP contribution is 2.32. The molecular weight excluding hydrogens is 375 g/mol. The molecule has 0 saturated carbocycles. The zero-order valence-corrected chi connectivity index (χ0v) is 16.9. The van der Waals surface area contributed by atoms with Gasteiger partial charge in [0.1, 0.15) is 11.5 Å². The first kappa shape index (κ1) is 19.3. The van der Waals surface area contributed by atoms with E-state index in [1.54, 1.807) is 41.6 Å². The van der Waals surface area contributed by atoms with E-state index in [1.165, 1.54) is 6.07 Å². The van der Waals surface area contributed by atoms with Crippen molar-refractivity contribution in [3.8, 4) is 5.69 Å². The normalized spacial score (nSPS) is 17.0. The van der Waals surface area contributed by atoms with Crippen LogP contribution in [0.2, 0.25) is 0 Å². The van der Waals surface area contributed by atoms with Gasteiger partial charge in [-0.3, -0.25) is 4.79 Å². The number of nitrogens with zero attached hydrogens (tertiary/aromatic N) is 4. The SMILES string of the molecule is Cc1nc(C)c(C(=O)N2CCOC[C@@H]2c2c(C)nn(-c3ccccc3F)c2C)o1. The molecule has 1 aliphatic rings. The molecule has 3 heterocycles. The van der Waals surface area contributed by atoms with Gasteiger partial charge in [-0.1, -0.05) is 12.1 Å². The number of carbonyl (C=O) groups is 1. The fourth-order valence-electron chi connectivity index (χ4n) is 3.94. The molecule has 29 heavy (non-hydrogen) atoms. The van der Waals surface area contributed by atoms with E-state index in [-0.39, 0.29) is 23.5 Å². The van der Waals surface area contributed by atoms with Gasteiger partial charge < -0.3 is 14.1 Å². The number of rotatable bonds is 3. The predicted molar refractivity (Wildman–Crippen MR) is 104 cm³/mol. The van der Waals surface area contributed by atoms with Crippen molar-refractivity contribution in [1.29, 1.82) is 0 Å². The number of hydrogen-bond acceptors (Lipinski definition) is 5. The number of carbonyl (C=O) groups excluding carboxylic acids is 1. The Kier molecular flexibility index (Phi) is 4.96. The largest absolute Gasteiger partial charge is 0.436 e. The average molecular weight is 398 g/mol. The summed E-state index contributed by atoms with van der Waals surface area (Å²) < 4.78 is 27.2. The van der Waals surface area contributed by atoms with E-state index >= 15 is 0 Å². The Morgan fingerprint density at radius 2 is 1.93 bits per heavy atom. The Hall–Kier alpha value is -3.00. The Morgan fingerprint density at radius 3 is 2.62 bits per heavy atom. The first-order valence-electron chi connectivity index (χ1n) is 9.52. The third-order valence-corrected chi connectivity index (χ3v) is 5.25. The van der Waals surface area contributed by atoms with E-state index in [0.29, 0.717) is 37.0 Å². The molecule has 4 rings (SSSR count). The number of oxazole rings is 1. The number of para-hydroxylation sites is 1. The summed E-state index contributed by atoms with van der Waals surface area (Å²) in [6.07, 6.45) is 0. The highest BCUT2D eigenvalue weighted by atomic mass is 19.1. The van der Waals surface area contributed by atoms with Crippen molar-refractivity contribution in [2.75, 3.05) is 19.8 Å². The van der Waals surface area contributed by atoms with E-state index in [0.717, 1.165) is 17.0 Å². The number of aromatic nitrogens is 3. The summed E-state index contributed by atoms with van der Waals surface area (Å²) in [6, 6.07) is 6.15. The molecule has 7 nitrogen and oxygen atoms in total. The number of aryl methyl sites for hydroxylation is 3. The molecule has 1 aliphatic heterocycles. The summed E-state index contributed by atoms with van der Waals surface area (Å²) in [5, 5.41) is 4.55. The average Bonchev–Trinajstić information content (AvgIpc) is 3.19. The lowest BCUT2D eigenvalue weighted by atomic mass is 10.0. The predicted octanol–water partition coefficient (Wildman–Crippen LogP) is 3.45. The molecule has 1 amide bonds. The van der Waals surface area contributed by atoms with Crippen LogP contribution in [0.5, 0.6) is 0 Å². The molecule has 2 aromatic heterocycles. The lowest BCUT2D eigenvalue weighted by Crippen LogP contribution is -2.44. The van der Waals surface area contributed by atoms with Crippen LogP contribution in [-0.2, 0) is 4.74 Å². The maximum Gasteiger partial charge on any atom is 0.292 e. The van der Waals surface area contributed by atoms with Gasteiger partial charge in [0.2, 0.25) is 5.76 Å². The standard InChI is InChI=1S/C21H23FN4O3/c1-12-19(14(3)26(24-12)17-8-6-5-7-16(17)22)18-11-28-10-9-25(18)21(27)20-13(2)23-15(4)29-20/h5-8,18H,9-11H2,1-4H3/t18-/m1/s1. The van der Waals surface area contributed by atoms with Crippen LogP contribution in [0.25, 0.3) is 5.69 Å². The van der Waals surface area contributed by atoms with Crippen molar-refractivity contribution in [3.63, 3.8) is 0 Å². The second-order valence-corrected chi connectivity index (χ2v) is 7.18. The number of amides is 1. The third kappa shape index (κ3) is 3.33. The van der Waals surface area contributed by atoms with Crippen molar-refractivity contribution in [1.82, 2.24) is 19.7 Å². The molecule has 0 bridgehead atoms. The highest BCUT2D eigenvalue weighted by molar-refractivity contribution is 5.93. The third-order valence-electron chi connectivity index (χ3n) is 5.25. The lowest BCUT2D eigenvalue weighted by molar-refractivity contribution is -0.00469. The van der Waals surface area contributed by atoms with Crippen LogP contribution in [0.4, 0.5) is 4.39 Å². The zero-order chi connectivity index (χ0) is 20.7. The van der Waals surface area contributed by atoms with Gasteiger partial charge in [-0.25, -0.2) is 14.1 Å². The molecule has 1 saturated heterocycles. The molecule has 1 atom stereocenters. The molecule has 0 radical (unpaired) electrons. The molecular formula is C21H23FN4O3. The minimum atomic E-state index is -0.356. The Bertz CT molecular complexity index is 1070. The smallest absolute Gasteiger partial charge is 0.292 e. The van der Waals surface area contributed by atoms with Gasteiger partial charge in [-0.05, 0) is 32.9 Å². The van der Waals surface area contributed by atoms with E-state index in [2.05, 4.69) is 10.1 Å². The second kappa shape index (κ2) is 7.44. The van der Waals surface area contributed by atoms with Gasteiger partial charge in [-0.2, -0.15) is 5.10 Å². The highest BCUT2D eigenvalue weighted by Gasteiger charge is 2.35. The summed E-state index contributed by atoms with van der Waals surface area (Å²) in [4.78, 5) is 19.2. The van der Waals surface area contributed by atoms with E-state index in [4.69, 9.17) is 9.15 Å². The van der Waals surface area contributed by atoms with Gasteiger partial charge in [0.05, 0.1) is 30.6 Å². The fraction of sp³-hybridized carbons (Fsp3) is 0.381. The van der Waals surface area contributed by atoms with Gasteiger partial charge in [0.25, 0.3) is 5.91 Å². The molecule has 0 N–H and O–H groups in total. The molecule has 1 aromatic carbocycles. The van der Waals surface area contributed by atoms with Crippen molar-refractivity contribution < 1.29 is 18.3 Å². The topological polar surface area (TPSA) is 73.4 Å². The van der Waals surface area contributed by atoms with Crippen molar-refractivity contribution in [2.45, 2.75) is 33.7 Å². The molecule has 0 unspecified atom stereocenters. The van der Waals surface area contributed by atoms with E-state index in [1.807, 2.05) is 13.8 Å². The van der Waals surface area contributed by atoms with Crippen LogP contribution >= 0.6 is 0 Å². The van der Waals surface area contributed by atoms with Crippen LogP contribution in [0, 0.1) is 33.5 Å². The first-order chi connectivity index (χ1) is 13.9. The quantitative estimate of drug-likeness (QED) is 0.676. The van der Waals surface area contributed by atoms with E-state index in [9.17, 15) is 9.18 Å². The summed E-state index contributed by atoms with van der Waals surface area (Å²) in [5.74, 6) is 0.112. The number of halogens is 1. The Morgan fingerprint density at radius 1 is 1.17 bits per heavy atom. The monoisotopic (exact) mass is 398 g/mol. The molecule has 3 aromatic rings. The van der Waals surface area contributed by atoms with Crippen LogP contribution in [0.1, 0.15) is 45.1 Å². The summed E-state index contributed by atoms with van der Waals surface area (Å²) in [7, 11) is 0. The van der Waals surface area contributed by atoms with E-state index < -0.39 is 0 Å². The number of ether oxygens (including phenoxy) is 1.